The lowest BCUT2D eigenvalue weighted by atomic mass is 9.85. The number of hydrogen-bond donors (Lipinski definition) is 1. The quantitative estimate of drug-likeness (QED) is 0.897. The van der Waals surface area contributed by atoms with Crippen molar-refractivity contribution in [3.63, 3.8) is 0 Å². The van der Waals surface area contributed by atoms with Crippen LogP contribution in [-0.4, -0.2) is 9.97 Å². The molecule has 4 heteroatoms. The molecule has 0 bridgehead atoms. The van der Waals surface area contributed by atoms with Gasteiger partial charge in [0.2, 0.25) is 0 Å². The summed E-state index contributed by atoms with van der Waals surface area (Å²) in [5.74, 6) is 2.79. The minimum Gasteiger partial charge on any atom is -0.383 e. The molecule has 0 aliphatic heterocycles. The summed E-state index contributed by atoms with van der Waals surface area (Å²) in [7, 11) is 0. The maximum atomic E-state index is 5.91. The van der Waals surface area contributed by atoms with Crippen LogP contribution in [-0.2, 0) is 0 Å². The first-order valence-electron chi connectivity index (χ1n) is 5.58. The van der Waals surface area contributed by atoms with Crippen molar-refractivity contribution in [3.8, 4) is 0 Å². The topological polar surface area (TPSA) is 51.8 Å². The van der Waals surface area contributed by atoms with Gasteiger partial charge in [0.05, 0.1) is 10.2 Å². The Morgan fingerprint density at radius 3 is 2.33 bits per heavy atom. The van der Waals surface area contributed by atoms with Crippen molar-refractivity contribution in [2.75, 3.05) is 5.73 Å². The van der Waals surface area contributed by atoms with Crippen molar-refractivity contribution in [2.45, 2.75) is 43.9 Å². The van der Waals surface area contributed by atoms with Gasteiger partial charge in [0.1, 0.15) is 11.6 Å². The molecule has 0 spiro atoms. The minimum atomic E-state index is 0.567. The Morgan fingerprint density at radius 2 is 1.80 bits per heavy atom. The zero-order valence-corrected chi connectivity index (χ0v) is 10.1. The van der Waals surface area contributed by atoms with E-state index in [2.05, 4.69) is 25.9 Å². The predicted octanol–water partition coefficient (Wildman–Crippen LogP) is 2.97. The fourth-order valence-corrected chi connectivity index (χ4v) is 2.48. The third kappa shape index (κ3) is 1.65. The highest BCUT2D eigenvalue weighted by molar-refractivity contribution is 9.10. The highest BCUT2D eigenvalue weighted by atomic mass is 79.9. The number of rotatable bonds is 2. The monoisotopic (exact) mass is 267 g/mol. The third-order valence-corrected chi connectivity index (χ3v) is 4.17. The molecule has 0 amide bonds. The van der Waals surface area contributed by atoms with Gasteiger partial charge in [-0.2, -0.15) is 0 Å². The molecule has 2 aliphatic carbocycles. The van der Waals surface area contributed by atoms with Gasteiger partial charge >= 0.3 is 0 Å². The van der Waals surface area contributed by atoms with Gasteiger partial charge in [-0.05, 0) is 41.6 Å². The molecular weight excluding hydrogens is 254 g/mol. The molecule has 80 valence electrons. The van der Waals surface area contributed by atoms with Crippen LogP contribution in [0.25, 0.3) is 0 Å². The van der Waals surface area contributed by atoms with Crippen LogP contribution >= 0.6 is 15.9 Å². The molecule has 1 aromatic heterocycles. The van der Waals surface area contributed by atoms with E-state index in [9.17, 15) is 0 Å². The van der Waals surface area contributed by atoms with Crippen LogP contribution in [0.4, 0.5) is 5.82 Å². The number of anilines is 1. The van der Waals surface area contributed by atoms with Gasteiger partial charge < -0.3 is 5.73 Å². The summed E-state index contributed by atoms with van der Waals surface area (Å²) in [5, 5.41) is 0. The molecule has 2 saturated carbocycles. The molecule has 1 aromatic rings. The number of nitrogen functional groups attached to an aromatic ring is 1. The van der Waals surface area contributed by atoms with Crippen molar-refractivity contribution in [2.24, 2.45) is 0 Å². The lowest BCUT2D eigenvalue weighted by Gasteiger charge is -2.24. The molecule has 0 radical (unpaired) electrons. The van der Waals surface area contributed by atoms with Crippen molar-refractivity contribution in [1.29, 1.82) is 0 Å². The van der Waals surface area contributed by atoms with Crippen LogP contribution in [0.5, 0.6) is 0 Å². The maximum Gasteiger partial charge on any atom is 0.141 e. The van der Waals surface area contributed by atoms with E-state index in [1.807, 2.05) is 0 Å². The summed E-state index contributed by atoms with van der Waals surface area (Å²) in [6, 6.07) is 0. The Morgan fingerprint density at radius 1 is 1.07 bits per heavy atom. The van der Waals surface area contributed by atoms with Crippen molar-refractivity contribution in [3.05, 3.63) is 16.0 Å². The van der Waals surface area contributed by atoms with Crippen LogP contribution in [0.2, 0.25) is 0 Å². The smallest absolute Gasteiger partial charge is 0.141 e. The van der Waals surface area contributed by atoms with Crippen LogP contribution in [0.1, 0.15) is 55.5 Å². The first-order chi connectivity index (χ1) is 7.25. The average Bonchev–Trinajstić information content (AvgIpc) is 2.90. The molecule has 0 atom stereocenters. The Balaban J connectivity index is 2.00. The zero-order chi connectivity index (χ0) is 10.4. The van der Waals surface area contributed by atoms with E-state index < -0.39 is 0 Å². The number of halogens is 1. The second-order valence-corrected chi connectivity index (χ2v) is 5.36. The van der Waals surface area contributed by atoms with E-state index in [4.69, 9.17) is 5.73 Å². The first-order valence-corrected chi connectivity index (χ1v) is 6.38. The summed E-state index contributed by atoms with van der Waals surface area (Å²) < 4.78 is 0.924. The highest BCUT2D eigenvalue weighted by Crippen LogP contribution is 2.44. The third-order valence-electron chi connectivity index (χ3n) is 3.35. The molecule has 0 unspecified atom stereocenters. The molecule has 3 nitrogen and oxygen atoms in total. The molecule has 0 saturated heterocycles. The Hall–Kier alpha value is -0.640. The Kier molecular flexibility index (Phi) is 2.20. The van der Waals surface area contributed by atoms with Gasteiger partial charge in [0, 0.05) is 11.8 Å². The van der Waals surface area contributed by atoms with Crippen molar-refractivity contribution < 1.29 is 0 Å². The summed E-state index contributed by atoms with van der Waals surface area (Å²) in [6.07, 6.45) is 6.26. The molecule has 15 heavy (non-hydrogen) atoms. The second-order valence-electron chi connectivity index (χ2n) is 4.57. The normalized spacial score (nSPS) is 21.4. The largest absolute Gasteiger partial charge is 0.383 e. The van der Waals surface area contributed by atoms with E-state index in [0.29, 0.717) is 17.7 Å². The van der Waals surface area contributed by atoms with Gasteiger partial charge in [0.15, 0.2) is 0 Å². The number of nitrogens with zero attached hydrogens (tertiary/aromatic N) is 2. The van der Waals surface area contributed by atoms with Gasteiger partial charge in [0.25, 0.3) is 0 Å². The van der Waals surface area contributed by atoms with Crippen LogP contribution < -0.4 is 5.73 Å². The molecule has 3 rings (SSSR count). The molecule has 2 aliphatic rings. The minimum absolute atomic E-state index is 0.567. The van der Waals surface area contributed by atoms with Gasteiger partial charge in [-0.15, -0.1) is 0 Å². The molecule has 1 heterocycles. The van der Waals surface area contributed by atoms with E-state index in [0.717, 1.165) is 16.0 Å². The molecule has 0 aromatic carbocycles. The van der Waals surface area contributed by atoms with Crippen LogP contribution in [0.3, 0.4) is 0 Å². The number of nitrogens with two attached hydrogens (primary N) is 1. The Labute approximate surface area is 97.6 Å². The summed E-state index contributed by atoms with van der Waals surface area (Å²) in [4.78, 5) is 9.06. The van der Waals surface area contributed by atoms with E-state index >= 15 is 0 Å². The zero-order valence-electron chi connectivity index (χ0n) is 8.54. The first kappa shape index (κ1) is 9.58. The summed E-state index contributed by atoms with van der Waals surface area (Å²) in [6.45, 7) is 0. The van der Waals surface area contributed by atoms with E-state index in [1.165, 1.54) is 32.1 Å². The van der Waals surface area contributed by atoms with Crippen LogP contribution in [0.15, 0.2) is 4.47 Å². The van der Waals surface area contributed by atoms with Gasteiger partial charge in [-0.1, -0.05) is 6.42 Å². The fourth-order valence-electron chi connectivity index (χ4n) is 1.98. The molecule has 2 fully saturated rings. The maximum absolute atomic E-state index is 5.91. The van der Waals surface area contributed by atoms with E-state index in [1.54, 1.807) is 0 Å². The average molecular weight is 268 g/mol. The SMILES string of the molecule is Nc1nc(C2CCC2)nc(C2CC2)c1Br. The molecular formula is C11H14BrN3. The van der Waals surface area contributed by atoms with Crippen molar-refractivity contribution in [1.82, 2.24) is 9.97 Å². The standard InChI is InChI=1S/C11H14BrN3/c12-8-9(6-4-5-6)14-11(15-10(8)13)7-2-1-3-7/h6-7H,1-5H2,(H2,13,14,15). The number of aromatic nitrogens is 2. The summed E-state index contributed by atoms with van der Waals surface area (Å²) in [5.41, 5.74) is 7.05. The summed E-state index contributed by atoms with van der Waals surface area (Å²) >= 11 is 3.49. The predicted molar refractivity (Wildman–Crippen MR) is 62.7 cm³/mol. The molecule has 2 N–H and O–H groups in total. The van der Waals surface area contributed by atoms with Crippen molar-refractivity contribution >= 4 is 21.7 Å². The highest BCUT2D eigenvalue weighted by Gasteiger charge is 2.31. The van der Waals surface area contributed by atoms with E-state index in [-0.39, 0.29) is 0 Å². The number of hydrogen-bond acceptors (Lipinski definition) is 3. The lowest BCUT2D eigenvalue weighted by Crippen LogP contribution is -2.15. The second kappa shape index (κ2) is 3.44. The lowest BCUT2D eigenvalue weighted by molar-refractivity contribution is 0.400. The Bertz CT molecular complexity index is 397. The van der Waals surface area contributed by atoms with Gasteiger partial charge in [-0.25, -0.2) is 9.97 Å². The van der Waals surface area contributed by atoms with Crippen LogP contribution in [0, 0.1) is 0 Å². The fraction of sp³-hybridized carbons (Fsp3) is 0.636. The van der Waals surface area contributed by atoms with Gasteiger partial charge in [-0.3, -0.25) is 0 Å².